The number of alkyl halides is 3. The van der Waals surface area contributed by atoms with Gasteiger partial charge in [0, 0.05) is 47.3 Å². The molecule has 2 aromatic heterocycles. The minimum atomic E-state index is -4.49. The summed E-state index contributed by atoms with van der Waals surface area (Å²) in [6.45, 7) is 0.461. The van der Waals surface area contributed by atoms with Gasteiger partial charge < -0.3 is 15.7 Å². The lowest BCUT2D eigenvalue weighted by Gasteiger charge is -2.14. The molecule has 29 heavy (non-hydrogen) atoms. The topological polar surface area (TPSA) is 83.0 Å². The molecule has 0 unspecified atom stereocenters. The van der Waals surface area contributed by atoms with Crippen molar-refractivity contribution in [2.24, 2.45) is 0 Å². The smallest absolute Gasteiger partial charge is 0.396 e. The molecule has 152 valence electrons. The fourth-order valence-electron chi connectivity index (χ4n) is 2.50. The maximum atomic E-state index is 13.2. The average molecular weight is 468 g/mol. The van der Waals surface area contributed by atoms with Crippen LogP contribution in [0.3, 0.4) is 0 Å². The molecule has 0 saturated heterocycles. The maximum Gasteiger partial charge on any atom is 0.417 e. The third kappa shape index (κ3) is 5.64. The summed E-state index contributed by atoms with van der Waals surface area (Å²) in [7, 11) is 0. The van der Waals surface area contributed by atoms with Crippen LogP contribution in [0.15, 0.2) is 53.3 Å². The van der Waals surface area contributed by atoms with E-state index < -0.39 is 11.7 Å². The summed E-state index contributed by atoms with van der Waals surface area (Å²) in [5.41, 5.74) is 0.730. The molecule has 10 heteroatoms. The summed E-state index contributed by atoms with van der Waals surface area (Å²) < 4.78 is 39.5. The first-order chi connectivity index (χ1) is 13.9. The SMILES string of the molecule is OCCCNc1nc(Nc2ccc(Br)c(C(F)(F)F)c2)cc(-c2cccnc2)n1. The van der Waals surface area contributed by atoms with Crippen molar-refractivity contribution in [2.75, 3.05) is 23.8 Å². The number of halogens is 4. The molecule has 0 atom stereocenters. The van der Waals surface area contributed by atoms with Gasteiger partial charge in [-0.1, -0.05) is 15.9 Å². The van der Waals surface area contributed by atoms with E-state index in [2.05, 4.69) is 41.5 Å². The predicted molar refractivity (Wildman–Crippen MR) is 108 cm³/mol. The van der Waals surface area contributed by atoms with Gasteiger partial charge >= 0.3 is 6.18 Å². The van der Waals surface area contributed by atoms with Gasteiger partial charge in [-0.05, 0) is 36.8 Å². The Hall–Kier alpha value is -2.72. The van der Waals surface area contributed by atoms with E-state index in [9.17, 15) is 13.2 Å². The summed E-state index contributed by atoms with van der Waals surface area (Å²) in [4.78, 5) is 12.8. The third-order valence-electron chi connectivity index (χ3n) is 3.85. The molecule has 0 spiro atoms. The van der Waals surface area contributed by atoms with Gasteiger partial charge in [0.05, 0.1) is 11.3 Å². The van der Waals surface area contributed by atoms with E-state index in [0.717, 1.165) is 11.6 Å². The molecular formula is C19H17BrF3N5O. The van der Waals surface area contributed by atoms with Crippen molar-refractivity contribution in [1.29, 1.82) is 0 Å². The van der Waals surface area contributed by atoms with Crippen LogP contribution in [0, 0.1) is 0 Å². The van der Waals surface area contributed by atoms with Crippen LogP contribution in [0.25, 0.3) is 11.3 Å². The number of aliphatic hydroxyl groups excluding tert-OH is 1. The van der Waals surface area contributed by atoms with Gasteiger partial charge in [-0.15, -0.1) is 0 Å². The number of nitrogens with one attached hydrogen (secondary N) is 2. The van der Waals surface area contributed by atoms with Crippen LogP contribution in [-0.2, 0) is 6.18 Å². The zero-order valence-corrected chi connectivity index (χ0v) is 16.6. The average Bonchev–Trinajstić information content (AvgIpc) is 2.69. The molecule has 6 nitrogen and oxygen atoms in total. The molecule has 0 aliphatic rings. The highest BCUT2D eigenvalue weighted by atomic mass is 79.9. The molecule has 0 fully saturated rings. The van der Waals surface area contributed by atoms with Gasteiger partial charge in [0.2, 0.25) is 5.95 Å². The lowest BCUT2D eigenvalue weighted by molar-refractivity contribution is -0.138. The van der Waals surface area contributed by atoms with Crippen LogP contribution in [0.2, 0.25) is 0 Å². The lowest BCUT2D eigenvalue weighted by Crippen LogP contribution is -2.09. The fraction of sp³-hybridized carbons (Fsp3) is 0.211. The lowest BCUT2D eigenvalue weighted by atomic mass is 10.2. The largest absolute Gasteiger partial charge is 0.417 e. The Morgan fingerprint density at radius 2 is 1.93 bits per heavy atom. The molecule has 2 heterocycles. The number of pyridine rings is 1. The number of anilines is 3. The van der Waals surface area contributed by atoms with Crippen molar-refractivity contribution < 1.29 is 18.3 Å². The summed E-state index contributed by atoms with van der Waals surface area (Å²) in [5.74, 6) is 0.608. The monoisotopic (exact) mass is 467 g/mol. The summed E-state index contributed by atoms with van der Waals surface area (Å²) in [5, 5.41) is 14.8. The van der Waals surface area contributed by atoms with Crippen LogP contribution >= 0.6 is 15.9 Å². The molecule has 3 N–H and O–H groups in total. The van der Waals surface area contributed by atoms with E-state index in [4.69, 9.17) is 5.11 Å². The van der Waals surface area contributed by atoms with E-state index in [1.807, 2.05) is 6.07 Å². The van der Waals surface area contributed by atoms with Crippen LogP contribution in [-0.4, -0.2) is 33.2 Å². The highest BCUT2D eigenvalue weighted by molar-refractivity contribution is 9.10. The number of nitrogens with zero attached hydrogens (tertiary/aromatic N) is 3. The van der Waals surface area contributed by atoms with E-state index in [0.29, 0.717) is 24.5 Å². The number of rotatable bonds is 7. The zero-order chi connectivity index (χ0) is 20.9. The molecule has 0 radical (unpaired) electrons. The van der Waals surface area contributed by atoms with Gasteiger partial charge in [-0.25, -0.2) is 4.98 Å². The Bertz CT molecular complexity index is 970. The Morgan fingerprint density at radius 1 is 1.10 bits per heavy atom. The van der Waals surface area contributed by atoms with E-state index in [1.54, 1.807) is 24.5 Å². The standard InChI is InChI=1S/C19H17BrF3N5O/c20-15-5-4-13(9-14(15)19(21,22)23)26-17-10-16(12-3-1-6-24-11-12)27-18(28-17)25-7-2-8-29/h1,3-6,9-11,29H,2,7-8H2,(H2,25,26,27,28). The molecule has 0 amide bonds. The Labute approximate surface area is 173 Å². The Kier molecular flexibility index (Phi) is 6.65. The normalized spacial score (nSPS) is 11.3. The van der Waals surface area contributed by atoms with Crippen molar-refractivity contribution in [1.82, 2.24) is 15.0 Å². The molecule has 3 aromatic rings. The van der Waals surface area contributed by atoms with E-state index >= 15 is 0 Å². The highest BCUT2D eigenvalue weighted by Crippen LogP contribution is 2.37. The van der Waals surface area contributed by atoms with Crippen LogP contribution in [0.1, 0.15) is 12.0 Å². The van der Waals surface area contributed by atoms with Crippen molar-refractivity contribution in [3.63, 3.8) is 0 Å². The van der Waals surface area contributed by atoms with E-state index in [1.165, 1.54) is 12.1 Å². The molecule has 3 rings (SSSR count). The maximum absolute atomic E-state index is 13.2. The number of aliphatic hydroxyl groups is 1. The number of benzene rings is 1. The second-order valence-corrected chi connectivity index (χ2v) is 6.88. The van der Waals surface area contributed by atoms with Crippen molar-refractivity contribution in [2.45, 2.75) is 12.6 Å². The van der Waals surface area contributed by atoms with Crippen molar-refractivity contribution >= 4 is 33.4 Å². The summed E-state index contributed by atoms with van der Waals surface area (Å²) >= 11 is 2.93. The molecule has 0 saturated carbocycles. The second kappa shape index (κ2) is 9.19. The van der Waals surface area contributed by atoms with Crippen LogP contribution < -0.4 is 10.6 Å². The molecule has 0 aliphatic heterocycles. The molecule has 0 bridgehead atoms. The number of hydrogen-bond donors (Lipinski definition) is 3. The highest BCUT2D eigenvalue weighted by Gasteiger charge is 2.33. The Morgan fingerprint density at radius 3 is 2.62 bits per heavy atom. The van der Waals surface area contributed by atoms with Crippen LogP contribution in [0.5, 0.6) is 0 Å². The minimum Gasteiger partial charge on any atom is -0.396 e. The second-order valence-electron chi connectivity index (χ2n) is 6.03. The summed E-state index contributed by atoms with van der Waals surface area (Å²) in [6.07, 6.45) is -0.721. The van der Waals surface area contributed by atoms with Gasteiger partial charge in [-0.2, -0.15) is 18.2 Å². The first-order valence-electron chi connectivity index (χ1n) is 8.65. The zero-order valence-electron chi connectivity index (χ0n) is 15.0. The van der Waals surface area contributed by atoms with E-state index in [-0.39, 0.29) is 22.7 Å². The predicted octanol–water partition coefficient (Wildman–Crippen LogP) is 4.86. The molecule has 1 aromatic carbocycles. The van der Waals surface area contributed by atoms with Gasteiger partial charge in [0.15, 0.2) is 0 Å². The molecular weight excluding hydrogens is 451 g/mol. The minimum absolute atomic E-state index is 0.0134. The van der Waals surface area contributed by atoms with Crippen LogP contribution in [0.4, 0.5) is 30.6 Å². The van der Waals surface area contributed by atoms with Crippen molar-refractivity contribution in [3.8, 4) is 11.3 Å². The van der Waals surface area contributed by atoms with Gasteiger partial charge in [0.25, 0.3) is 0 Å². The number of aromatic nitrogens is 3. The quantitative estimate of drug-likeness (QED) is 0.430. The first-order valence-corrected chi connectivity index (χ1v) is 9.44. The molecule has 0 aliphatic carbocycles. The van der Waals surface area contributed by atoms with Gasteiger partial charge in [0.1, 0.15) is 5.82 Å². The number of hydrogen-bond acceptors (Lipinski definition) is 6. The first kappa shape index (κ1) is 21.0. The summed E-state index contributed by atoms with van der Waals surface area (Å²) in [6, 6.07) is 9.06. The van der Waals surface area contributed by atoms with Gasteiger partial charge in [-0.3, -0.25) is 4.98 Å². The Balaban J connectivity index is 1.95. The fourth-order valence-corrected chi connectivity index (χ4v) is 2.97. The van der Waals surface area contributed by atoms with Crippen molar-refractivity contribution in [3.05, 3.63) is 58.8 Å². The third-order valence-corrected chi connectivity index (χ3v) is 4.54.